The van der Waals surface area contributed by atoms with Gasteiger partial charge in [-0.3, -0.25) is 9.59 Å². The number of ketones is 1. The number of carboxylic acid groups (broad SMARTS) is 1. The molecule has 0 bridgehead atoms. The molecular formula is C16H12O3S2. The molecule has 2 aromatic heterocycles. The molecule has 0 fully saturated rings. The van der Waals surface area contributed by atoms with Gasteiger partial charge in [-0.1, -0.05) is 12.1 Å². The number of carbonyl (C=O) groups excluding carboxylic acids is 1. The Morgan fingerprint density at radius 3 is 2.71 bits per heavy atom. The zero-order valence-corrected chi connectivity index (χ0v) is 12.7. The van der Waals surface area contributed by atoms with Crippen molar-refractivity contribution in [1.82, 2.24) is 0 Å². The molecule has 0 atom stereocenters. The maximum absolute atomic E-state index is 12.0. The van der Waals surface area contributed by atoms with Crippen LogP contribution in [-0.2, 0) is 4.79 Å². The first-order chi connectivity index (χ1) is 10.1. The minimum Gasteiger partial charge on any atom is -0.481 e. The molecular weight excluding hydrogens is 304 g/mol. The van der Waals surface area contributed by atoms with Gasteiger partial charge in [-0.2, -0.15) is 0 Å². The van der Waals surface area contributed by atoms with Crippen LogP contribution in [0.1, 0.15) is 22.5 Å². The van der Waals surface area contributed by atoms with Crippen LogP contribution in [-0.4, -0.2) is 16.9 Å². The maximum Gasteiger partial charge on any atom is 0.303 e. The molecule has 1 N–H and O–H groups in total. The molecule has 106 valence electrons. The topological polar surface area (TPSA) is 54.4 Å². The number of thiophene rings is 2. The molecule has 0 radical (unpaired) electrons. The summed E-state index contributed by atoms with van der Waals surface area (Å²) in [5, 5.41) is 11.9. The molecule has 3 aromatic rings. The predicted molar refractivity (Wildman–Crippen MR) is 86.3 cm³/mol. The average molecular weight is 316 g/mol. The monoisotopic (exact) mass is 316 g/mol. The lowest BCUT2D eigenvalue weighted by atomic mass is 10.1. The van der Waals surface area contributed by atoms with E-state index in [0.717, 1.165) is 10.4 Å². The van der Waals surface area contributed by atoms with E-state index in [9.17, 15) is 9.59 Å². The Morgan fingerprint density at radius 1 is 1.05 bits per heavy atom. The van der Waals surface area contributed by atoms with Gasteiger partial charge in [0.1, 0.15) is 0 Å². The number of hydrogen-bond donors (Lipinski definition) is 1. The third-order valence-electron chi connectivity index (χ3n) is 3.21. The standard InChI is InChI=1S/C16H12O3S2/c17-12(4-7-16(18)19)15-6-5-14(21-15)10-2-1-3-13-11(10)8-9-20-13/h1-3,5-6,8-9H,4,7H2,(H,18,19). The third-order valence-corrected chi connectivity index (χ3v) is 5.25. The van der Waals surface area contributed by atoms with Gasteiger partial charge in [-0.15, -0.1) is 22.7 Å². The second kappa shape index (κ2) is 5.79. The first-order valence-corrected chi connectivity index (χ1v) is 8.16. The van der Waals surface area contributed by atoms with Gasteiger partial charge >= 0.3 is 5.97 Å². The zero-order valence-electron chi connectivity index (χ0n) is 11.0. The first-order valence-electron chi connectivity index (χ1n) is 6.46. The Kier molecular flexibility index (Phi) is 3.86. The number of fused-ring (bicyclic) bond motifs is 1. The SMILES string of the molecule is O=C(O)CCC(=O)c1ccc(-c2cccc3sccc23)s1. The highest BCUT2D eigenvalue weighted by molar-refractivity contribution is 7.18. The molecule has 0 aliphatic carbocycles. The molecule has 0 aliphatic rings. The van der Waals surface area contributed by atoms with Crippen molar-refractivity contribution in [3.05, 3.63) is 46.7 Å². The van der Waals surface area contributed by atoms with Crippen molar-refractivity contribution in [1.29, 1.82) is 0 Å². The highest BCUT2D eigenvalue weighted by Gasteiger charge is 2.13. The van der Waals surface area contributed by atoms with Crippen molar-refractivity contribution < 1.29 is 14.7 Å². The number of hydrogen-bond acceptors (Lipinski definition) is 4. The van der Waals surface area contributed by atoms with Gasteiger partial charge in [0.05, 0.1) is 11.3 Å². The molecule has 21 heavy (non-hydrogen) atoms. The molecule has 0 amide bonds. The van der Waals surface area contributed by atoms with Gasteiger partial charge in [-0.25, -0.2) is 0 Å². The predicted octanol–water partition coefficient (Wildman–Crippen LogP) is 4.68. The molecule has 0 saturated carbocycles. The molecule has 2 heterocycles. The summed E-state index contributed by atoms with van der Waals surface area (Å²) in [7, 11) is 0. The van der Waals surface area contributed by atoms with Crippen LogP contribution in [0.4, 0.5) is 0 Å². The van der Waals surface area contributed by atoms with Crippen molar-refractivity contribution in [2.45, 2.75) is 12.8 Å². The molecule has 5 heteroatoms. The lowest BCUT2D eigenvalue weighted by molar-refractivity contribution is -0.136. The van der Waals surface area contributed by atoms with E-state index >= 15 is 0 Å². The van der Waals surface area contributed by atoms with Gasteiger partial charge in [0.25, 0.3) is 0 Å². The van der Waals surface area contributed by atoms with Crippen molar-refractivity contribution in [2.75, 3.05) is 0 Å². The Labute approximate surface area is 129 Å². The highest BCUT2D eigenvalue weighted by atomic mass is 32.1. The molecule has 0 saturated heterocycles. The van der Waals surface area contributed by atoms with E-state index in [4.69, 9.17) is 5.11 Å². The molecule has 0 unspecified atom stereocenters. The maximum atomic E-state index is 12.0. The van der Waals surface area contributed by atoms with Crippen molar-refractivity contribution in [3.8, 4) is 10.4 Å². The second-order valence-corrected chi connectivity index (χ2v) is 6.65. The Balaban J connectivity index is 1.89. The second-order valence-electron chi connectivity index (χ2n) is 4.62. The Morgan fingerprint density at radius 2 is 1.90 bits per heavy atom. The van der Waals surface area contributed by atoms with Gasteiger partial charge in [0.15, 0.2) is 5.78 Å². The Hall–Kier alpha value is -1.98. The normalized spacial score (nSPS) is 10.9. The molecule has 0 spiro atoms. The smallest absolute Gasteiger partial charge is 0.303 e. The summed E-state index contributed by atoms with van der Waals surface area (Å²) >= 11 is 3.12. The molecule has 1 aromatic carbocycles. The summed E-state index contributed by atoms with van der Waals surface area (Å²) in [5.74, 6) is -1.05. The number of carbonyl (C=O) groups is 2. The van der Waals surface area contributed by atoms with Crippen LogP contribution in [0.15, 0.2) is 41.8 Å². The third kappa shape index (κ3) is 2.89. The minimum atomic E-state index is -0.942. The summed E-state index contributed by atoms with van der Waals surface area (Å²) in [5.41, 5.74) is 1.12. The van der Waals surface area contributed by atoms with E-state index in [1.807, 2.05) is 18.2 Å². The fourth-order valence-electron chi connectivity index (χ4n) is 2.19. The number of benzene rings is 1. The fraction of sp³-hybridized carbons (Fsp3) is 0.125. The first kappa shape index (κ1) is 14.0. The summed E-state index contributed by atoms with van der Waals surface area (Å²) < 4.78 is 1.22. The number of rotatable bonds is 5. The van der Waals surface area contributed by atoms with E-state index in [1.165, 1.54) is 21.4 Å². The number of carboxylic acids is 1. The summed E-state index contributed by atoms with van der Waals surface area (Å²) in [6, 6.07) is 11.9. The van der Waals surface area contributed by atoms with Crippen molar-refractivity contribution in [2.24, 2.45) is 0 Å². The lowest BCUT2D eigenvalue weighted by Gasteiger charge is -1.99. The van der Waals surface area contributed by atoms with Crippen LogP contribution < -0.4 is 0 Å². The van der Waals surface area contributed by atoms with E-state index < -0.39 is 5.97 Å². The zero-order chi connectivity index (χ0) is 14.8. The van der Waals surface area contributed by atoms with Gasteiger partial charge in [0, 0.05) is 26.9 Å². The quantitative estimate of drug-likeness (QED) is 0.695. The van der Waals surface area contributed by atoms with Crippen LogP contribution >= 0.6 is 22.7 Å². The minimum absolute atomic E-state index is 0.0535. The van der Waals surface area contributed by atoms with E-state index in [0.29, 0.717) is 4.88 Å². The molecule has 3 nitrogen and oxygen atoms in total. The summed E-state index contributed by atoms with van der Waals surface area (Å²) in [4.78, 5) is 24.2. The van der Waals surface area contributed by atoms with Crippen molar-refractivity contribution in [3.63, 3.8) is 0 Å². The molecule has 0 aliphatic heterocycles. The fourth-order valence-corrected chi connectivity index (χ4v) is 4.01. The number of Topliss-reactive ketones (excluding diaryl/α,β-unsaturated/α-hetero) is 1. The van der Waals surface area contributed by atoms with Crippen LogP contribution in [0.2, 0.25) is 0 Å². The number of aliphatic carboxylic acids is 1. The average Bonchev–Trinajstić information content (AvgIpc) is 3.12. The summed E-state index contributed by atoms with van der Waals surface area (Å²) in [6.07, 6.45) is -0.0654. The van der Waals surface area contributed by atoms with Crippen LogP contribution in [0, 0.1) is 0 Å². The van der Waals surface area contributed by atoms with Gasteiger partial charge < -0.3 is 5.11 Å². The van der Waals surface area contributed by atoms with Crippen LogP contribution in [0.25, 0.3) is 20.5 Å². The van der Waals surface area contributed by atoms with Crippen molar-refractivity contribution >= 4 is 44.5 Å². The van der Waals surface area contributed by atoms with E-state index in [-0.39, 0.29) is 18.6 Å². The Bertz CT molecular complexity index is 814. The summed E-state index contributed by atoms with van der Waals surface area (Å²) in [6.45, 7) is 0. The van der Waals surface area contributed by atoms with Gasteiger partial charge in [0.2, 0.25) is 0 Å². The van der Waals surface area contributed by atoms with E-state index in [1.54, 1.807) is 17.4 Å². The lowest BCUT2D eigenvalue weighted by Crippen LogP contribution is -2.01. The molecule has 3 rings (SSSR count). The van der Waals surface area contributed by atoms with E-state index in [2.05, 4.69) is 17.5 Å². The van der Waals surface area contributed by atoms with Crippen LogP contribution in [0.5, 0.6) is 0 Å². The van der Waals surface area contributed by atoms with Gasteiger partial charge in [-0.05, 0) is 29.6 Å². The highest BCUT2D eigenvalue weighted by Crippen LogP contribution is 2.35. The van der Waals surface area contributed by atoms with Crippen LogP contribution in [0.3, 0.4) is 0 Å². The largest absolute Gasteiger partial charge is 0.481 e.